The molecule has 0 aliphatic carbocycles. The fourth-order valence-electron chi connectivity index (χ4n) is 1.24. The Morgan fingerprint density at radius 3 is 2.61 bits per heavy atom. The highest BCUT2D eigenvalue weighted by Crippen LogP contribution is 2.27. The van der Waals surface area contributed by atoms with E-state index < -0.39 is 10.0 Å². The van der Waals surface area contributed by atoms with E-state index in [0.717, 1.165) is 0 Å². The van der Waals surface area contributed by atoms with E-state index in [-0.39, 0.29) is 29.9 Å². The van der Waals surface area contributed by atoms with Crippen LogP contribution in [-0.4, -0.2) is 28.1 Å². The zero-order valence-corrected chi connectivity index (χ0v) is 13.2. The SMILES string of the molecule is COc1ccc(Br)cc1S(=O)(=O)N[C@@H](C)CN.Cl. The summed E-state index contributed by atoms with van der Waals surface area (Å²) >= 11 is 3.23. The number of hydrogen-bond donors (Lipinski definition) is 2. The van der Waals surface area contributed by atoms with Crippen molar-refractivity contribution in [2.24, 2.45) is 5.73 Å². The number of rotatable bonds is 5. The van der Waals surface area contributed by atoms with Crippen LogP contribution in [0.2, 0.25) is 0 Å². The van der Waals surface area contributed by atoms with E-state index in [4.69, 9.17) is 10.5 Å². The maximum absolute atomic E-state index is 12.1. The zero-order valence-electron chi connectivity index (χ0n) is 10.0. The Morgan fingerprint density at radius 2 is 2.11 bits per heavy atom. The molecule has 1 atom stereocenters. The van der Waals surface area contributed by atoms with Gasteiger partial charge in [-0.25, -0.2) is 13.1 Å². The van der Waals surface area contributed by atoms with Crippen molar-refractivity contribution in [1.29, 1.82) is 0 Å². The number of ether oxygens (including phenoxy) is 1. The van der Waals surface area contributed by atoms with Gasteiger partial charge in [0.2, 0.25) is 10.0 Å². The highest BCUT2D eigenvalue weighted by Gasteiger charge is 2.21. The van der Waals surface area contributed by atoms with Crippen LogP contribution in [0, 0.1) is 0 Å². The number of nitrogens with one attached hydrogen (secondary N) is 1. The number of halogens is 2. The third-order valence-corrected chi connectivity index (χ3v) is 4.23. The lowest BCUT2D eigenvalue weighted by atomic mass is 10.3. The normalized spacial score (nSPS) is 12.7. The molecule has 0 fully saturated rings. The van der Waals surface area contributed by atoms with E-state index in [1.807, 2.05) is 0 Å². The van der Waals surface area contributed by atoms with Crippen LogP contribution in [0.5, 0.6) is 5.75 Å². The first kappa shape index (κ1) is 17.7. The first-order valence-electron chi connectivity index (χ1n) is 4.96. The van der Waals surface area contributed by atoms with Crippen molar-refractivity contribution >= 4 is 38.4 Å². The van der Waals surface area contributed by atoms with Crippen LogP contribution < -0.4 is 15.2 Å². The van der Waals surface area contributed by atoms with Crippen molar-refractivity contribution in [3.8, 4) is 5.75 Å². The molecule has 0 unspecified atom stereocenters. The van der Waals surface area contributed by atoms with Gasteiger partial charge in [-0.05, 0) is 25.1 Å². The Hall–Kier alpha value is -0.340. The first-order valence-corrected chi connectivity index (χ1v) is 7.24. The maximum atomic E-state index is 12.1. The van der Waals surface area contributed by atoms with Crippen molar-refractivity contribution < 1.29 is 13.2 Å². The summed E-state index contributed by atoms with van der Waals surface area (Å²) in [6.45, 7) is 1.93. The molecule has 0 aliphatic rings. The molecular weight excluding hydrogens is 344 g/mol. The number of hydrogen-bond acceptors (Lipinski definition) is 4. The van der Waals surface area contributed by atoms with Crippen molar-refractivity contribution in [2.75, 3.05) is 13.7 Å². The molecule has 0 saturated carbocycles. The summed E-state index contributed by atoms with van der Waals surface area (Å²) in [6.07, 6.45) is 0. The zero-order chi connectivity index (χ0) is 13.1. The molecule has 1 aromatic carbocycles. The molecule has 0 heterocycles. The molecule has 5 nitrogen and oxygen atoms in total. The summed E-state index contributed by atoms with van der Waals surface area (Å²) in [5, 5.41) is 0. The Bertz CT molecular complexity index is 496. The minimum Gasteiger partial charge on any atom is -0.495 e. The summed E-state index contributed by atoms with van der Waals surface area (Å²) in [5.41, 5.74) is 5.39. The Labute approximate surface area is 122 Å². The summed E-state index contributed by atoms with van der Waals surface area (Å²) in [6, 6.07) is 4.46. The molecule has 0 amide bonds. The fourth-order valence-corrected chi connectivity index (χ4v) is 3.20. The monoisotopic (exact) mass is 358 g/mol. The van der Waals surface area contributed by atoms with Gasteiger partial charge in [0, 0.05) is 17.1 Å². The van der Waals surface area contributed by atoms with Gasteiger partial charge in [0.25, 0.3) is 0 Å². The topological polar surface area (TPSA) is 81.4 Å². The van der Waals surface area contributed by atoms with E-state index in [2.05, 4.69) is 20.7 Å². The highest BCUT2D eigenvalue weighted by molar-refractivity contribution is 9.10. The summed E-state index contributed by atoms with van der Waals surface area (Å²) < 4.78 is 32.3. The molecule has 0 radical (unpaired) electrons. The molecule has 0 aliphatic heterocycles. The molecule has 3 N–H and O–H groups in total. The van der Waals surface area contributed by atoms with Gasteiger partial charge < -0.3 is 10.5 Å². The second-order valence-corrected chi connectivity index (χ2v) is 6.15. The van der Waals surface area contributed by atoms with Gasteiger partial charge >= 0.3 is 0 Å². The Kier molecular flexibility index (Phi) is 7.16. The standard InChI is InChI=1S/C10H15BrN2O3S.ClH/c1-7(6-12)13-17(14,15)10-5-8(11)3-4-9(10)16-2;/h3-5,7,13H,6,12H2,1-2H3;1H/t7-;/m0./s1. The molecule has 1 aromatic rings. The summed E-state index contributed by atoms with van der Waals surface area (Å²) in [4.78, 5) is 0.0923. The molecule has 1 rings (SSSR count). The molecule has 0 saturated heterocycles. The van der Waals surface area contributed by atoms with Gasteiger partial charge in [0.05, 0.1) is 7.11 Å². The summed E-state index contributed by atoms with van der Waals surface area (Å²) in [5.74, 6) is 0.296. The fraction of sp³-hybridized carbons (Fsp3) is 0.400. The molecule has 18 heavy (non-hydrogen) atoms. The number of benzene rings is 1. The average Bonchev–Trinajstić information content (AvgIpc) is 2.28. The van der Waals surface area contributed by atoms with Crippen molar-refractivity contribution in [1.82, 2.24) is 4.72 Å². The van der Waals surface area contributed by atoms with Gasteiger partial charge in [-0.2, -0.15) is 0 Å². The van der Waals surface area contributed by atoms with E-state index in [1.165, 1.54) is 13.2 Å². The van der Waals surface area contributed by atoms with Gasteiger partial charge in [-0.1, -0.05) is 15.9 Å². The molecule has 104 valence electrons. The second-order valence-electron chi connectivity index (χ2n) is 3.55. The third kappa shape index (κ3) is 4.40. The predicted octanol–water partition coefficient (Wildman–Crippen LogP) is 1.50. The molecule has 0 bridgehead atoms. The molecule has 0 aromatic heterocycles. The average molecular weight is 360 g/mol. The number of sulfonamides is 1. The number of methoxy groups -OCH3 is 1. The lowest BCUT2D eigenvalue weighted by Crippen LogP contribution is -2.37. The van der Waals surface area contributed by atoms with Gasteiger partial charge in [0.15, 0.2) is 0 Å². The first-order chi connectivity index (χ1) is 7.90. The van der Waals surface area contributed by atoms with Crippen molar-refractivity contribution in [3.63, 3.8) is 0 Å². The summed E-state index contributed by atoms with van der Waals surface area (Å²) in [7, 11) is -2.20. The minimum atomic E-state index is -3.62. The molecule has 0 spiro atoms. The van der Waals surface area contributed by atoms with Crippen LogP contribution in [0.15, 0.2) is 27.6 Å². The quantitative estimate of drug-likeness (QED) is 0.835. The Balaban J connectivity index is 0.00000289. The van der Waals surface area contributed by atoms with Crippen molar-refractivity contribution in [3.05, 3.63) is 22.7 Å². The van der Waals surface area contributed by atoms with Gasteiger partial charge in [-0.15, -0.1) is 12.4 Å². The highest BCUT2D eigenvalue weighted by atomic mass is 79.9. The smallest absolute Gasteiger partial charge is 0.244 e. The van der Waals surface area contributed by atoms with E-state index in [9.17, 15) is 8.42 Å². The predicted molar refractivity (Wildman–Crippen MR) is 76.8 cm³/mol. The van der Waals surface area contributed by atoms with E-state index in [1.54, 1.807) is 19.1 Å². The number of nitrogens with two attached hydrogens (primary N) is 1. The largest absolute Gasteiger partial charge is 0.495 e. The van der Waals surface area contributed by atoms with Gasteiger partial charge in [-0.3, -0.25) is 0 Å². The van der Waals surface area contributed by atoms with Crippen LogP contribution in [-0.2, 0) is 10.0 Å². The minimum absolute atomic E-state index is 0. The van der Waals surface area contributed by atoms with Crippen LogP contribution in [0.25, 0.3) is 0 Å². The van der Waals surface area contributed by atoms with E-state index >= 15 is 0 Å². The maximum Gasteiger partial charge on any atom is 0.244 e. The molecule has 8 heteroatoms. The lowest BCUT2D eigenvalue weighted by Gasteiger charge is -2.14. The van der Waals surface area contributed by atoms with Crippen LogP contribution in [0.1, 0.15) is 6.92 Å². The third-order valence-electron chi connectivity index (χ3n) is 2.13. The van der Waals surface area contributed by atoms with Crippen LogP contribution in [0.4, 0.5) is 0 Å². The molecular formula is C10H16BrClN2O3S. The van der Waals surface area contributed by atoms with E-state index in [0.29, 0.717) is 10.2 Å². The Morgan fingerprint density at radius 1 is 1.50 bits per heavy atom. The van der Waals surface area contributed by atoms with Crippen LogP contribution in [0.3, 0.4) is 0 Å². The lowest BCUT2D eigenvalue weighted by molar-refractivity contribution is 0.402. The van der Waals surface area contributed by atoms with Crippen molar-refractivity contribution in [2.45, 2.75) is 17.9 Å². The second kappa shape index (κ2) is 7.30. The van der Waals surface area contributed by atoms with Gasteiger partial charge in [0.1, 0.15) is 10.6 Å². The van der Waals surface area contributed by atoms with Crippen LogP contribution >= 0.6 is 28.3 Å².